The third-order valence-electron chi connectivity index (χ3n) is 5.41. The number of carbonyl (C=O) groups is 2. The van der Waals surface area contributed by atoms with Crippen LogP contribution in [0.15, 0.2) is 42.5 Å². The van der Waals surface area contributed by atoms with Crippen molar-refractivity contribution in [3.05, 3.63) is 64.8 Å². The summed E-state index contributed by atoms with van der Waals surface area (Å²) in [6.07, 6.45) is 0. The Labute approximate surface area is 197 Å². The second-order valence-electron chi connectivity index (χ2n) is 7.44. The van der Waals surface area contributed by atoms with Crippen molar-refractivity contribution < 1.29 is 19.1 Å². The number of esters is 1. The Balaban J connectivity index is 1.60. The molecule has 2 aromatic heterocycles. The number of fused-ring (bicyclic) bond motifs is 2. The van der Waals surface area contributed by atoms with Gasteiger partial charge in [-0.25, -0.2) is 9.78 Å². The maximum absolute atomic E-state index is 12.6. The maximum Gasteiger partial charge on any atom is 0.337 e. The zero-order chi connectivity index (χ0) is 23.1. The van der Waals surface area contributed by atoms with Crippen LogP contribution in [0, 0.1) is 6.92 Å². The summed E-state index contributed by atoms with van der Waals surface area (Å²) in [6, 6.07) is 13.0. The van der Waals surface area contributed by atoms with Crippen LogP contribution in [0.2, 0.25) is 0 Å². The number of methoxy groups -OCH3 is 2. The fourth-order valence-corrected chi connectivity index (χ4v) is 5.95. The lowest BCUT2D eigenvalue weighted by molar-refractivity contribution is -0.113. The molecule has 1 atom stereocenters. The molecule has 0 spiro atoms. The Hall–Kier alpha value is -3.37. The molecule has 8 nitrogen and oxygen atoms in total. The number of hydrogen-bond acceptors (Lipinski definition) is 8. The van der Waals surface area contributed by atoms with Crippen molar-refractivity contribution in [1.82, 2.24) is 14.8 Å². The van der Waals surface area contributed by atoms with Crippen molar-refractivity contribution in [2.45, 2.75) is 12.2 Å². The van der Waals surface area contributed by atoms with Gasteiger partial charge in [0.2, 0.25) is 11.0 Å². The fraction of sp³-hybridized carbons (Fsp3) is 0.217. The Bertz CT molecular complexity index is 1380. The number of amides is 1. The molecule has 1 aliphatic heterocycles. The van der Waals surface area contributed by atoms with E-state index >= 15 is 0 Å². The summed E-state index contributed by atoms with van der Waals surface area (Å²) in [6.45, 7) is 1.93. The van der Waals surface area contributed by atoms with Gasteiger partial charge in [-0.15, -0.1) is 11.8 Å². The predicted octanol–water partition coefficient (Wildman–Crippen LogP) is 4.36. The molecule has 0 fully saturated rings. The van der Waals surface area contributed by atoms with Gasteiger partial charge in [0.05, 0.1) is 46.7 Å². The van der Waals surface area contributed by atoms with Crippen LogP contribution in [-0.2, 0) is 9.53 Å². The van der Waals surface area contributed by atoms with Crippen LogP contribution in [0.1, 0.15) is 32.4 Å². The van der Waals surface area contributed by atoms with Gasteiger partial charge in [-0.1, -0.05) is 23.5 Å². The Morgan fingerprint density at radius 2 is 1.97 bits per heavy atom. The molecule has 1 aliphatic rings. The van der Waals surface area contributed by atoms with E-state index < -0.39 is 0 Å². The third-order valence-corrected chi connectivity index (χ3v) is 7.67. The van der Waals surface area contributed by atoms with Crippen LogP contribution in [0.25, 0.3) is 15.3 Å². The molecule has 0 unspecified atom stereocenters. The number of anilines is 1. The first-order valence-corrected chi connectivity index (χ1v) is 12.0. The molecule has 0 saturated carbocycles. The van der Waals surface area contributed by atoms with Crippen molar-refractivity contribution in [3.63, 3.8) is 0 Å². The number of thiazole rings is 1. The topological polar surface area (TPSA) is 95.3 Å². The lowest BCUT2D eigenvalue weighted by Crippen LogP contribution is -2.15. The van der Waals surface area contributed by atoms with Crippen LogP contribution in [0.3, 0.4) is 0 Å². The minimum Gasteiger partial charge on any atom is -0.497 e. The van der Waals surface area contributed by atoms with Crippen LogP contribution < -0.4 is 10.1 Å². The van der Waals surface area contributed by atoms with Crippen molar-refractivity contribution >= 4 is 51.0 Å². The fourth-order valence-electron chi connectivity index (χ4n) is 3.81. The van der Waals surface area contributed by atoms with Crippen molar-refractivity contribution in [3.8, 4) is 10.9 Å². The molecule has 33 heavy (non-hydrogen) atoms. The summed E-state index contributed by atoms with van der Waals surface area (Å²) < 4.78 is 12.8. The Kier molecular flexibility index (Phi) is 5.55. The summed E-state index contributed by atoms with van der Waals surface area (Å²) in [5, 5.41) is 8.30. The van der Waals surface area contributed by atoms with E-state index in [2.05, 4.69) is 5.32 Å². The summed E-state index contributed by atoms with van der Waals surface area (Å²) in [4.78, 5) is 29.1. The summed E-state index contributed by atoms with van der Waals surface area (Å²) >= 11 is 3.00. The number of ether oxygens (including phenoxy) is 2. The number of aryl methyl sites for hydroxylation is 1. The van der Waals surface area contributed by atoms with Crippen molar-refractivity contribution in [1.29, 1.82) is 0 Å². The van der Waals surface area contributed by atoms with Crippen LogP contribution in [0.4, 0.5) is 5.82 Å². The van der Waals surface area contributed by atoms with E-state index in [0.29, 0.717) is 22.3 Å². The van der Waals surface area contributed by atoms with E-state index in [-0.39, 0.29) is 17.1 Å². The van der Waals surface area contributed by atoms with Crippen molar-refractivity contribution in [2.24, 2.45) is 0 Å². The highest BCUT2D eigenvalue weighted by molar-refractivity contribution is 8.00. The number of nitrogens with one attached hydrogen (secondary N) is 1. The summed E-state index contributed by atoms with van der Waals surface area (Å²) in [7, 11) is 2.99. The van der Waals surface area contributed by atoms with Gasteiger partial charge < -0.3 is 14.8 Å². The second kappa shape index (κ2) is 8.53. The Morgan fingerprint density at radius 3 is 2.70 bits per heavy atom. The highest BCUT2D eigenvalue weighted by Gasteiger charge is 2.31. The Morgan fingerprint density at radius 1 is 1.18 bits per heavy atom. The minimum absolute atomic E-state index is 0.0983. The maximum atomic E-state index is 12.6. The lowest BCUT2D eigenvalue weighted by Gasteiger charge is -2.15. The zero-order valence-electron chi connectivity index (χ0n) is 18.1. The number of aromatic nitrogens is 3. The summed E-state index contributed by atoms with van der Waals surface area (Å²) in [5.41, 5.74) is 4.02. The van der Waals surface area contributed by atoms with E-state index in [4.69, 9.17) is 19.6 Å². The van der Waals surface area contributed by atoms with Gasteiger partial charge in [0, 0.05) is 5.56 Å². The van der Waals surface area contributed by atoms with Crippen LogP contribution in [0.5, 0.6) is 5.75 Å². The van der Waals surface area contributed by atoms with Crippen LogP contribution >= 0.6 is 23.1 Å². The molecule has 2 aromatic carbocycles. The molecule has 1 N–H and O–H groups in total. The zero-order valence-corrected chi connectivity index (χ0v) is 19.8. The normalized spacial score (nSPS) is 15.6. The second-order valence-corrected chi connectivity index (χ2v) is 9.54. The molecule has 0 saturated heterocycles. The van der Waals surface area contributed by atoms with Gasteiger partial charge in [0.15, 0.2) is 0 Å². The van der Waals surface area contributed by atoms with E-state index in [0.717, 1.165) is 32.8 Å². The highest BCUT2D eigenvalue weighted by atomic mass is 32.2. The number of hydrogen-bond donors (Lipinski definition) is 1. The molecule has 4 aromatic rings. The summed E-state index contributed by atoms with van der Waals surface area (Å²) in [5.74, 6) is 1.20. The van der Waals surface area contributed by atoms with E-state index in [1.54, 1.807) is 23.9 Å². The first-order valence-electron chi connectivity index (χ1n) is 10.1. The molecule has 10 heteroatoms. The van der Waals surface area contributed by atoms with Gasteiger partial charge in [0.25, 0.3) is 0 Å². The standard InChI is InChI=1S/C23H20N4O4S2/c1-12-19-20(13-4-6-14(7-5-13)22(29)31-3)32-11-18(28)25-21(19)27(26-12)23-24-16-9-8-15(30-2)10-17(16)33-23/h4-10,20H,11H2,1-3H3,(H,25,28)/t20-/m1/s1. The van der Waals surface area contributed by atoms with E-state index in [1.807, 2.05) is 37.3 Å². The number of rotatable bonds is 4. The third kappa shape index (κ3) is 3.85. The van der Waals surface area contributed by atoms with Gasteiger partial charge in [-0.3, -0.25) is 4.79 Å². The van der Waals surface area contributed by atoms with Crippen LogP contribution in [-0.4, -0.2) is 46.6 Å². The smallest absolute Gasteiger partial charge is 0.337 e. The quantitative estimate of drug-likeness (QED) is 0.434. The van der Waals surface area contributed by atoms with Gasteiger partial charge in [0.1, 0.15) is 11.6 Å². The van der Waals surface area contributed by atoms with E-state index in [9.17, 15) is 9.59 Å². The van der Waals surface area contributed by atoms with Gasteiger partial charge >= 0.3 is 5.97 Å². The molecule has 3 heterocycles. The molecule has 5 rings (SSSR count). The number of carbonyl (C=O) groups excluding carboxylic acids is 2. The van der Waals surface area contributed by atoms with Crippen molar-refractivity contribution in [2.75, 3.05) is 25.3 Å². The predicted molar refractivity (Wildman–Crippen MR) is 129 cm³/mol. The van der Waals surface area contributed by atoms with Gasteiger partial charge in [-0.2, -0.15) is 9.78 Å². The highest BCUT2D eigenvalue weighted by Crippen LogP contribution is 2.44. The average Bonchev–Trinajstić information content (AvgIpc) is 3.34. The monoisotopic (exact) mass is 480 g/mol. The average molecular weight is 481 g/mol. The van der Waals surface area contributed by atoms with E-state index in [1.165, 1.54) is 30.2 Å². The molecule has 1 amide bonds. The molecule has 168 valence electrons. The first-order chi connectivity index (χ1) is 16.0. The molecule has 0 aliphatic carbocycles. The molecule has 0 bridgehead atoms. The first kappa shape index (κ1) is 21.5. The minimum atomic E-state index is -0.385. The number of nitrogens with zero attached hydrogens (tertiary/aromatic N) is 3. The number of benzene rings is 2. The molecule has 0 radical (unpaired) electrons. The SMILES string of the molecule is COC(=O)c1ccc([C@H]2SCC(=O)Nc3c2c(C)nn3-c2nc3ccc(OC)cc3s2)cc1. The molecular formula is C23H20N4O4S2. The van der Waals surface area contributed by atoms with Gasteiger partial charge in [-0.05, 0) is 42.8 Å². The number of thioether (sulfide) groups is 1. The largest absolute Gasteiger partial charge is 0.497 e. The molecular weight excluding hydrogens is 460 g/mol. The lowest BCUT2D eigenvalue weighted by atomic mass is 10.0.